The summed E-state index contributed by atoms with van der Waals surface area (Å²) in [6.07, 6.45) is 5.55. The van der Waals surface area contributed by atoms with E-state index in [1.165, 1.54) is 22.4 Å². The molecule has 178 valence electrons. The van der Waals surface area contributed by atoms with Gasteiger partial charge in [-0.1, -0.05) is 12.1 Å². The predicted octanol–water partition coefficient (Wildman–Crippen LogP) is 3.37. The first-order valence-electron chi connectivity index (χ1n) is 12.2. The molecule has 33 heavy (non-hydrogen) atoms. The van der Waals surface area contributed by atoms with Crippen LogP contribution in [0.4, 0.5) is 0 Å². The van der Waals surface area contributed by atoms with Crippen LogP contribution in [0.1, 0.15) is 41.7 Å². The van der Waals surface area contributed by atoms with E-state index in [-0.39, 0.29) is 11.8 Å². The number of rotatable bonds is 5. The number of hydrogen-bond donors (Lipinski definition) is 0. The molecule has 2 aliphatic heterocycles. The van der Waals surface area contributed by atoms with Gasteiger partial charge in [0.2, 0.25) is 15.9 Å². The van der Waals surface area contributed by atoms with Crippen molar-refractivity contribution in [1.29, 1.82) is 0 Å². The van der Waals surface area contributed by atoms with Crippen molar-refractivity contribution < 1.29 is 13.2 Å². The normalized spacial score (nSPS) is 21.2. The first-order valence-corrected chi connectivity index (χ1v) is 14.5. The summed E-state index contributed by atoms with van der Waals surface area (Å²) >= 11 is 1.78. The molecule has 8 heteroatoms. The summed E-state index contributed by atoms with van der Waals surface area (Å²) in [6, 6.07) is 9.89. The third kappa shape index (κ3) is 5.04. The van der Waals surface area contributed by atoms with E-state index < -0.39 is 10.0 Å². The van der Waals surface area contributed by atoms with Gasteiger partial charge >= 0.3 is 0 Å². The summed E-state index contributed by atoms with van der Waals surface area (Å²) in [6.45, 7) is 5.13. The lowest BCUT2D eigenvalue weighted by atomic mass is 9.92. The largest absolute Gasteiger partial charge is 0.340 e. The Labute approximate surface area is 201 Å². The lowest BCUT2D eigenvalue weighted by Gasteiger charge is -2.38. The minimum absolute atomic E-state index is 0.0659. The zero-order valence-electron chi connectivity index (χ0n) is 19.1. The lowest BCUT2D eigenvalue weighted by Crippen LogP contribution is -2.51. The molecule has 3 heterocycles. The van der Waals surface area contributed by atoms with Gasteiger partial charge in [0.15, 0.2) is 0 Å². The Balaban J connectivity index is 1.14. The van der Waals surface area contributed by atoms with Crippen LogP contribution in [0.25, 0.3) is 0 Å². The Bertz CT molecular complexity index is 1070. The van der Waals surface area contributed by atoms with Crippen molar-refractivity contribution in [2.45, 2.75) is 50.0 Å². The fourth-order valence-corrected chi connectivity index (χ4v) is 7.64. The standard InChI is InChI=1S/C25H33N3O3S2/c29-25(27-15-13-26(14-16-27)19-23-6-3-17-32-23)21-9-11-28(12-10-21)33(30,31)24-8-7-20-4-1-2-5-22(20)18-24/h3,6-8,17-18,21H,1-2,4-5,9-16,19H2. The van der Waals surface area contributed by atoms with Gasteiger partial charge < -0.3 is 4.90 Å². The highest BCUT2D eigenvalue weighted by molar-refractivity contribution is 7.89. The molecular formula is C25H33N3O3S2. The molecule has 6 nitrogen and oxygen atoms in total. The molecule has 5 rings (SSSR count). The van der Waals surface area contributed by atoms with Gasteiger partial charge in [-0.15, -0.1) is 11.3 Å². The topological polar surface area (TPSA) is 60.9 Å². The van der Waals surface area contributed by atoms with Crippen molar-refractivity contribution in [3.05, 3.63) is 51.7 Å². The second-order valence-corrected chi connectivity index (χ2v) is 12.5. The van der Waals surface area contributed by atoms with E-state index in [1.54, 1.807) is 21.7 Å². The molecule has 3 aliphatic rings. The van der Waals surface area contributed by atoms with Crippen LogP contribution in [0.15, 0.2) is 40.6 Å². The smallest absolute Gasteiger partial charge is 0.243 e. The molecule has 0 radical (unpaired) electrons. The molecule has 0 N–H and O–H groups in total. The summed E-state index contributed by atoms with van der Waals surface area (Å²) in [5.74, 6) is 0.139. The average Bonchev–Trinajstić information content (AvgIpc) is 3.37. The lowest BCUT2D eigenvalue weighted by molar-refractivity contribution is -0.138. The molecule has 2 aromatic rings. The van der Waals surface area contributed by atoms with Gasteiger partial charge in [-0.3, -0.25) is 9.69 Å². The monoisotopic (exact) mass is 487 g/mol. The maximum Gasteiger partial charge on any atom is 0.243 e. The number of fused-ring (bicyclic) bond motifs is 1. The maximum absolute atomic E-state index is 13.2. The zero-order chi connectivity index (χ0) is 22.8. The fraction of sp³-hybridized carbons (Fsp3) is 0.560. The highest BCUT2D eigenvalue weighted by Gasteiger charge is 2.35. The Kier molecular flexibility index (Phi) is 6.88. The van der Waals surface area contributed by atoms with Gasteiger partial charge in [0, 0.05) is 56.6 Å². The minimum atomic E-state index is -3.50. The van der Waals surface area contributed by atoms with Crippen molar-refractivity contribution in [2.24, 2.45) is 5.92 Å². The second-order valence-electron chi connectivity index (χ2n) is 9.50. The van der Waals surface area contributed by atoms with Crippen molar-refractivity contribution in [1.82, 2.24) is 14.1 Å². The van der Waals surface area contributed by atoms with Crippen molar-refractivity contribution in [2.75, 3.05) is 39.3 Å². The number of benzene rings is 1. The van der Waals surface area contributed by atoms with Crippen LogP contribution in [-0.4, -0.2) is 67.7 Å². The van der Waals surface area contributed by atoms with E-state index >= 15 is 0 Å². The summed E-state index contributed by atoms with van der Waals surface area (Å²) < 4.78 is 28.1. The summed E-state index contributed by atoms with van der Waals surface area (Å²) in [4.78, 5) is 19.3. The Hall–Kier alpha value is -1.74. The van der Waals surface area contributed by atoms with E-state index in [0.29, 0.717) is 30.8 Å². The third-order valence-corrected chi connectivity index (χ3v) is 10.2. The SMILES string of the molecule is O=C(C1CCN(S(=O)(=O)c2ccc3c(c2)CCCC3)CC1)N1CCN(Cc2cccs2)CC1. The van der Waals surface area contributed by atoms with Crippen molar-refractivity contribution in [3.8, 4) is 0 Å². The van der Waals surface area contributed by atoms with E-state index in [0.717, 1.165) is 52.0 Å². The molecule has 0 unspecified atom stereocenters. The van der Waals surface area contributed by atoms with Gasteiger partial charge in [0.05, 0.1) is 4.90 Å². The molecule has 1 aliphatic carbocycles. The van der Waals surface area contributed by atoms with Crippen LogP contribution in [0.3, 0.4) is 0 Å². The van der Waals surface area contributed by atoms with Crippen LogP contribution in [-0.2, 0) is 34.2 Å². The number of nitrogens with zero attached hydrogens (tertiary/aromatic N) is 3. The molecular weight excluding hydrogens is 454 g/mol. The highest BCUT2D eigenvalue weighted by Crippen LogP contribution is 2.29. The molecule has 1 amide bonds. The van der Waals surface area contributed by atoms with Crippen LogP contribution >= 0.6 is 11.3 Å². The van der Waals surface area contributed by atoms with Gasteiger partial charge in [-0.05, 0) is 73.2 Å². The van der Waals surface area contributed by atoms with Crippen molar-refractivity contribution >= 4 is 27.3 Å². The second kappa shape index (κ2) is 9.86. The highest BCUT2D eigenvalue weighted by atomic mass is 32.2. The van der Waals surface area contributed by atoms with E-state index in [9.17, 15) is 13.2 Å². The molecule has 0 spiro atoms. The third-order valence-electron chi connectivity index (χ3n) is 7.40. The number of carbonyl (C=O) groups excluding carboxylic acids is 1. The van der Waals surface area contributed by atoms with Gasteiger partial charge in [0.25, 0.3) is 0 Å². The number of sulfonamides is 1. The fourth-order valence-electron chi connectivity index (χ4n) is 5.37. The number of piperazine rings is 1. The van der Waals surface area contributed by atoms with Gasteiger partial charge in [-0.2, -0.15) is 4.31 Å². The molecule has 1 aromatic carbocycles. The first-order chi connectivity index (χ1) is 16.0. The Morgan fingerprint density at radius 3 is 2.36 bits per heavy atom. The van der Waals surface area contributed by atoms with Crippen molar-refractivity contribution in [3.63, 3.8) is 0 Å². The quantitative estimate of drug-likeness (QED) is 0.649. The first kappa shape index (κ1) is 23.0. The minimum Gasteiger partial charge on any atom is -0.340 e. The van der Waals surface area contributed by atoms with Crippen LogP contribution < -0.4 is 0 Å². The molecule has 0 atom stereocenters. The summed E-state index contributed by atoms with van der Waals surface area (Å²) in [5.41, 5.74) is 2.48. The van der Waals surface area contributed by atoms with Crippen LogP contribution in [0, 0.1) is 5.92 Å². The number of carbonyl (C=O) groups is 1. The molecule has 0 bridgehead atoms. The average molecular weight is 488 g/mol. The predicted molar refractivity (Wildman–Crippen MR) is 131 cm³/mol. The molecule has 1 aromatic heterocycles. The zero-order valence-corrected chi connectivity index (χ0v) is 20.7. The Morgan fingerprint density at radius 2 is 1.67 bits per heavy atom. The number of aryl methyl sites for hydroxylation is 2. The number of piperidine rings is 1. The van der Waals surface area contributed by atoms with E-state index in [2.05, 4.69) is 22.4 Å². The molecule has 2 saturated heterocycles. The number of thiophene rings is 1. The number of hydrogen-bond acceptors (Lipinski definition) is 5. The van der Waals surface area contributed by atoms with Crippen LogP contribution in [0.2, 0.25) is 0 Å². The van der Waals surface area contributed by atoms with Gasteiger partial charge in [-0.25, -0.2) is 8.42 Å². The Morgan fingerprint density at radius 1 is 0.939 bits per heavy atom. The maximum atomic E-state index is 13.2. The number of amides is 1. The summed E-state index contributed by atoms with van der Waals surface area (Å²) in [5, 5.41) is 2.10. The molecule has 2 fully saturated rings. The summed E-state index contributed by atoms with van der Waals surface area (Å²) in [7, 11) is -3.50. The van der Waals surface area contributed by atoms with Crippen LogP contribution in [0.5, 0.6) is 0 Å². The van der Waals surface area contributed by atoms with Gasteiger partial charge in [0.1, 0.15) is 0 Å². The van der Waals surface area contributed by atoms with E-state index in [4.69, 9.17) is 0 Å². The van der Waals surface area contributed by atoms with E-state index in [1.807, 2.05) is 17.0 Å². The molecule has 0 saturated carbocycles.